The Kier molecular flexibility index (Phi) is 7.35. The monoisotopic (exact) mass is 391 g/mol. The fourth-order valence-electron chi connectivity index (χ4n) is 2.38. The lowest BCUT2D eigenvalue weighted by Crippen LogP contribution is -2.28. The Morgan fingerprint density at radius 3 is 2.48 bits per heavy atom. The third-order valence-corrected chi connectivity index (χ3v) is 4.85. The molecule has 2 aromatic carbocycles. The molecule has 146 valence electrons. The molecule has 0 atom stereocenters. The van der Waals surface area contributed by atoms with E-state index < -0.39 is 10.0 Å². The van der Waals surface area contributed by atoms with Gasteiger partial charge in [-0.05, 0) is 55.9 Å². The Bertz CT molecular complexity index is 867. The number of ether oxygens (including phenoxy) is 1. The Balaban J connectivity index is 1.70. The van der Waals surface area contributed by atoms with Crippen molar-refractivity contribution in [1.82, 2.24) is 4.90 Å². The summed E-state index contributed by atoms with van der Waals surface area (Å²) >= 11 is 0. The molecule has 0 bridgehead atoms. The molecule has 7 nitrogen and oxygen atoms in total. The number of likely N-dealkylation sites (N-methyl/N-ethyl adjacent to an activating group) is 1. The maximum atomic E-state index is 12.0. The van der Waals surface area contributed by atoms with Crippen LogP contribution in [0.3, 0.4) is 0 Å². The van der Waals surface area contributed by atoms with Gasteiger partial charge in [-0.2, -0.15) is 0 Å². The second kappa shape index (κ2) is 9.50. The van der Waals surface area contributed by atoms with E-state index in [9.17, 15) is 13.2 Å². The van der Waals surface area contributed by atoms with Crippen molar-refractivity contribution in [3.8, 4) is 5.75 Å². The maximum Gasteiger partial charge on any atom is 0.238 e. The molecule has 0 aliphatic rings. The molecule has 0 spiro atoms. The van der Waals surface area contributed by atoms with Gasteiger partial charge in [-0.15, -0.1) is 0 Å². The Morgan fingerprint density at radius 1 is 1.15 bits per heavy atom. The van der Waals surface area contributed by atoms with Crippen molar-refractivity contribution in [3.63, 3.8) is 0 Å². The molecule has 0 unspecified atom stereocenters. The van der Waals surface area contributed by atoms with Gasteiger partial charge in [-0.25, -0.2) is 13.6 Å². The molecule has 0 saturated heterocycles. The minimum absolute atomic E-state index is 0.00819. The van der Waals surface area contributed by atoms with Crippen LogP contribution in [0.25, 0.3) is 0 Å². The number of amides is 1. The van der Waals surface area contributed by atoms with Gasteiger partial charge in [-0.3, -0.25) is 4.79 Å². The molecule has 27 heavy (non-hydrogen) atoms. The minimum atomic E-state index is -3.73. The summed E-state index contributed by atoms with van der Waals surface area (Å²) in [6.45, 7) is 3.83. The average Bonchev–Trinajstić information content (AvgIpc) is 2.60. The largest absolute Gasteiger partial charge is 0.492 e. The number of nitrogens with zero attached hydrogens (tertiary/aromatic N) is 1. The molecule has 2 rings (SSSR count). The quantitative estimate of drug-likeness (QED) is 0.681. The summed E-state index contributed by atoms with van der Waals surface area (Å²) in [6.07, 6.45) is 0.317. The fourth-order valence-corrected chi connectivity index (χ4v) is 2.90. The Hall–Kier alpha value is -2.42. The number of nitrogens with one attached hydrogen (secondary N) is 1. The highest BCUT2D eigenvalue weighted by Crippen LogP contribution is 2.13. The van der Waals surface area contributed by atoms with E-state index in [0.29, 0.717) is 31.8 Å². The first-order chi connectivity index (χ1) is 12.7. The zero-order chi connectivity index (χ0) is 19.9. The molecule has 0 heterocycles. The Morgan fingerprint density at radius 2 is 1.85 bits per heavy atom. The summed E-state index contributed by atoms with van der Waals surface area (Å²) in [4.78, 5) is 14.0. The number of aryl methyl sites for hydroxylation is 1. The SMILES string of the molecule is Cc1cccc(OCCN(C)CCC(=O)Nc2ccc(S(N)(=O)=O)cc2)c1. The standard InChI is InChI=1S/C19H25N3O4S/c1-15-4-3-5-17(14-15)26-13-12-22(2)11-10-19(23)21-16-6-8-18(9-7-16)27(20,24)25/h3-9,14H,10-13H2,1-2H3,(H,21,23)(H2,20,24,25). The molecule has 0 aliphatic carbocycles. The molecule has 0 radical (unpaired) electrons. The number of benzene rings is 2. The van der Waals surface area contributed by atoms with Gasteiger partial charge in [0.1, 0.15) is 12.4 Å². The van der Waals surface area contributed by atoms with Crippen molar-refractivity contribution >= 4 is 21.6 Å². The molecule has 0 aromatic heterocycles. The van der Waals surface area contributed by atoms with Crippen LogP contribution in [-0.4, -0.2) is 46.0 Å². The van der Waals surface area contributed by atoms with Crippen LogP contribution >= 0.6 is 0 Å². The number of anilines is 1. The third kappa shape index (κ3) is 7.38. The average molecular weight is 391 g/mol. The summed E-state index contributed by atoms with van der Waals surface area (Å²) in [5, 5.41) is 7.77. The van der Waals surface area contributed by atoms with Crippen LogP contribution in [0.2, 0.25) is 0 Å². The smallest absolute Gasteiger partial charge is 0.238 e. The number of hydrogen-bond acceptors (Lipinski definition) is 5. The van der Waals surface area contributed by atoms with E-state index >= 15 is 0 Å². The van der Waals surface area contributed by atoms with E-state index in [0.717, 1.165) is 11.3 Å². The summed E-state index contributed by atoms with van der Waals surface area (Å²) in [5.41, 5.74) is 1.67. The van der Waals surface area contributed by atoms with Crippen LogP contribution in [-0.2, 0) is 14.8 Å². The normalized spacial score (nSPS) is 11.4. The maximum absolute atomic E-state index is 12.0. The van der Waals surface area contributed by atoms with E-state index in [1.807, 2.05) is 43.1 Å². The highest BCUT2D eigenvalue weighted by atomic mass is 32.2. The van der Waals surface area contributed by atoms with Crippen molar-refractivity contribution in [2.75, 3.05) is 32.1 Å². The molecule has 3 N–H and O–H groups in total. The van der Waals surface area contributed by atoms with Crippen molar-refractivity contribution in [1.29, 1.82) is 0 Å². The van der Waals surface area contributed by atoms with Crippen LogP contribution in [0.1, 0.15) is 12.0 Å². The van der Waals surface area contributed by atoms with E-state index in [1.165, 1.54) is 24.3 Å². The number of hydrogen-bond donors (Lipinski definition) is 2. The van der Waals surface area contributed by atoms with Crippen molar-refractivity contribution in [2.45, 2.75) is 18.2 Å². The first-order valence-corrected chi connectivity index (χ1v) is 10.1. The first-order valence-electron chi connectivity index (χ1n) is 8.55. The second-order valence-corrected chi connectivity index (χ2v) is 7.90. The number of carbonyl (C=O) groups excluding carboxylic acids is 1. The lowest BCUT2D eigenvalue weighted by Gasteiger charge is -2.17. The lowest BCUT2D eigenvalue weighted by molar-refractivity contribution is -0.116. The van der Waals surface area contributed by atoms with E-state index in [2.05, 4.69) is 5.32 Å². The van der Waals surface area contributed by atoms with E-state index in [4.69, 9.17) is 9.88 Å². The van der Waals surface area contributed by atoms with Crippen LogP contribution in [0.4, 0.5) is 5.69 Å². The van der Waals surface area contributed by atoms with Crippen LogP contribution in [0.15, 0.2) is 53.4 Å². The van der Waals surface area contributed by atoms with E-state index in [-0.39, 0.29) is 10.8 Å². The van der Waals surface area contributed by atoms with Crippen molar-refractivity contribution in [3.05, 3.63) is 54.1 Å². The Labute approximate surface area is 160 Å². The van der Waals surface area contributed by atoms with Gasteiger partial charge >= 0.3 is 0 Å². The zero-order valence-corrected chi connectivity index (χ0v) is 16.3. The molecule has 0 aliphatic heterocycles. The van der Waals surface area contributed by atoms with E-state index in [1.54, 1.807) is 0 Å². The third-order valence-electron chi connectivity index (χ3n) is 3.92. The molecular formula is C19H25N3O4S. The summed E-state index contributed by atoms with van der Waals surface area (Å²) < 4.78 is 28.1. The molecule has 1 amide bonds. The van der Waals surface area contributed by atoms with Crippen molar-refractivity contribution in [2.24, 2.45) is 5.14 Å². The zero-order valence-electron chi connectivity index (χ0n) is 15.5. The van der Waals surface area contributed by atoms with Gasteiger partial charge in [0.05, 0.1) is 4.90 Å². The van der Waals surface area contributed by atoms with Gasteiger partial charge < -0.3 is 15.0 Å². The molecular weight excluding hydrogens is 366 g/mol. The van der Waals surface area contributed by atoms with Gasteiger partial charge in [0.15, 0.2) is 0 Å². The topological polar surface area (TPSA) is 102 Å². The highest BCUT2D eigenvalue weighted by molar-refractivity contribution is 7.89. The fraction of sp³-hybridized carbons (Fsp3) is 0.316. The predicted molar refractivity (Wildman–Crippen MR) is 105 cm³/mol. The lowest BCUT2D eigenvalue weighted by atomic mass is 10.2. The molecule has 0 saturated carbocycles. The van der Waals surface area contributed by atoms with Crippen LogP contribution in [0, 0.1) is 6.92 Å². The van der Waals surface area contributed by atoms with Crippen LogP contribution in [0.5, 0.6) is 5.75 Å². The number of carbonyl (C=O) groups is 1. The summed E-state index contributed by atoms with van der Waals surface area (Å²) in [7, 11) is -1.81. The first kappa shape index (κ1) is 20.9. The number of nitrogens with two attached hydrogens (primary N) is 1. The molecule has 2 aromatic rings. The summed E-state index contributed by atoms with van der Waals surface area (Å²) in [5.74, 6) is 0.689. The molecule has 8 heteroatoms. The minimum Gasteiger partial charge on any atom is -0.492 e. The predicted octanol–water partition coefficient (Wildman–Crippen LogP) is 1.98. The van der Waals surface area contributed by atoms with Gasteiger partial charge in [0.25, 0.3) is 0 Å². The van der Waals surface area contributed by atoms with Gasteiger partial charge in [-0.1, -0.05) is 12.1 Å². The number of rotatable bonds is 9. The number of sulfonamides is 1. The highest BCUT2D eigenvalue weighted by Gasteiger charge is 2.09. The van der Waals surface area contributed by atoms with Gasteiger partial charge in [0.2, 0.25) is 15.9 Å². The van der Waals surface area contributed by atoms with Crippen LogP contribution < -0.4 is 15.2 Å². The number of primary sulfonamides is 1. The van der Waals surface area contributed by atoms with Gasteiger partial charge in [0, 0.05) is 25.2 Å². The molecule has 0 fully saturated rings. The second-order valence-electron chi connectivity index (χ2n) is 6.34. The van der Waals surface area contributed by atoms with Crippen molar-refractivity contribution < 1.29 is 17.9 Å². The summed E-state index contributed by atoms with van der Waals surface area (Å²) in [6, 6.07) is 13.6.